The van der Waals surface area contributed by atoms with Crippen LogP contribution in [0.15, 0.2) is 55.0 Å². The Morgan fingerprint density at radius 2 is 1.67 bits per heavy atom. The summed E-state index contributed by atoms with van der Waals surface area (Å²) in [6.45, 7) is 17.3. The Bertz CT molecular complexity index is 266. The Labute approximate surface area is 94.1 Å². The van der Waals surface area contributed by atoms with Gasteiger partial charge in [-0.3, -0.25) is 0 Å². The molecule has 0 rings (SSSR count). The third kappa shape index (κ3) is 5.89. The van der Waals surface area contributed by atoms with Gasteiger partial charge in [-0.2, -0.15) is 0 Å². The molecule has 0 spiro atoms. The van der Waals surface area contributed by atoms with Crippen molar-refractivity contribution >= 4 is 12.6 Å². The topological polar surface area (TPSA) is 12.4 Å². The van der Waals surface area contributed by atoms with Crippen molar-refractivity contribution in [3.8, 4) is 0 Å². The van der Waals surface area contributed by atoms with E-state index in [1.54, 1.807) is 0 Å². The van der Waals surface area contributed by atoms with Gasteiger partial charge in [0.25, 0.3) is 6.85 Å². The summed E-state index contributed by atoms with van der Waals surface area (Å²) in [5.41, 5.74) is 2.03. The minimum absolute atomic E-state index is 0.242. The highest BCUT2D eigenvalue weighted by Crippen LogP contribution is 2.08. The largest absolute Gasteiger partial charge is 0.345 e. The van der Waals surface area contributed by atoms with E-state index < -0.39 is 0 Å². The lowest BCUT2D eigenvalue weighted by Gasteiger charge is -2.08. The lowest BCUT2D eigenvalue weighted by atomic mass is 9.57. The minimum atomic E-state index is 0.242. The molecule has 0 aliphatic heterocycles. The predicted octanol–water partition coefficient (Wildman–Crippen LogP) is 3.94. The van der Waals surface area contributed by atoms with Crippen molar-refractivity contribution in [2.24, 2.45) is 4.90 Å². The maximum atomic E-state index is 4.65. The van der Waals surface area contributed by atoms with Gasteiger partial charge in [0.1, 0.15) is 0 Å². The molecule has 0 saturated carbocycles. The number of hydrogen-bond acceptors (Lipinski definition) is 1. The van der Waals surface area contributed by atoms with E-state index in [0.717, 1.165) is 30.3 Å². The summed E-state index contributed by atoms with van der Waals surface area (Å²) < 4.78 is 0. The highest BCUT2D eigenvalue weighted by Gasteiger charge is 2.10. The smallest absolute Gasteiger partial charge is 0.287 e. The highest BCUT2D eigenvalue weighted by atomic mass is 14.6. The zero-order chi connectivity index (χ0) is 11.7. The fourth-order valence-corrected chi connectivity index (χ4v) is 1.28. The van der Waals surface area contributed by atoms with Gasteiger partial charge < -0.3 is 4.90 Å². The molecule has 0 saturated heterocycles. The van der Waals surface area contributed by atoms with Crippen molar-refractivity contribution in [2.75, 3.05) is 0 Å². The van der Waals surface area contributed by atoms with Crippen molar-refractivity contribution in [1.29, 1.82) is 0 Å². The zero-order valence-electron chi connectivity index (χ0n) is 9.71. The molecule has 0 aliphatic carbocycles. The first-order chi connectivity index (χ1) is 7.15. The molecule has 0 heterocycles. The van der Waals surface area contributed by atoms with Crippen LogP contribution in [0.1, 0.15) is 13.3 Å². The zero-order valence-corrected chi connectivity index (χ0v) is 9.71. The first kappa shape index (κ1) is 13.7. The summed E-state index contributed by atoms with van der Waals surface area (Å²) in [5, 5.41) is 0. The van der Waals surface area contributed by atoms with Gasteiger partial charge in [-0.15, -0.1) is 19.7 Å². The van der Waals surface area contributed by atoms with Crippen LogP contribution in [0, 0.1) is 0 Å². The molecule has 0 aromatic rings. The Balaban J connectivity index is 4.69. The Hall–Kier alpha value is -1.31. The SMILES string of the molecule is C=CCB(CC=C)/N=C(\CC=C)C(=C)C. The molecule has 80 valence electrons. The van der Waals surface area contributed by atoms with Crippen LogP contribution in [0.4, 0.5) is 0 Å². The lowest BCUT2D eigenvalue weighted by Crippen LogP contribution is -2.12. The number of nitrogens with zero attached hydrogens (tertiary/aromatic N) is 1. The Morgan fingerprint density at radius 1 is 1.13 bits per heavy atom. The monoisotopic (exact) mass is 201 g/mol. The van der Waals surface area contributed by atoms with Crippen LogP contribution in [0.2, 0.25) is 12.6 Å². The van der Waals surface area contributed by atoms with Gasteiger partial charge in [0, 0.05) is 12.1 Å². The van der Waals surface area contributed by atoms with Crippen molar-refractivity contribution in [2.45, 2.75) is 26.0 Å². The number of rotatable bonds is 8. The van der Waals surface area contributed by atoms with E-state index in [-0.39, 0.29) is 6.85 Å². The molecule has 0 aromatic heterocycles. The average Bonchev–Trinajstić information content (AvgIpc) is 2.17. The molecule has 0 radical (unpaired) electrons. The van der Waals surface area contributed by atoms with E-state index in [2.05, 4.69) is 31.2 Å². The van der Waals surface area contributed by atoms with E-state index in [4.69, 9.17) is 0 Å². The maximum absolute atomic E-state index is 4.65. The van der Waals surface area contributed by atoms with E-state index in [9.17, 15) is 0 Å². The molecule has 0 bridgehead atoms. The van der Waals surface area contributed by atoms with Crippen LogP contribution in [0.5, 0.6) is 0 Å². The highest BCUT2D eigenvalue weighted by molar-refractivity contribution is 6.59. The fraction of sp³-hybridized carbons (Fsp3) is 0.308. The molecule has 0 atom stereocenters. The second-order valence-electron chi connectivity index (χ2n) is 3.55. The number of hydrogen-bond donors (Lipinski definition) is 0. The standard InChI is InChI=1S/C13H20BN/c1-6-9-13(12(4)5)15-14(10-7-2)11-8-3/h6-8H,1-4,9-11H2,5H3/b15-13+. The molecule has 0 amide bonds. The van der Waals surface area contributed by atoms with E-state index >= 15 is 0 Å². The summed E-state index contributed by atoms with van der Waals surface area (Å²) in [7, 11) is 0. The molecular weight excluding hydrogens is 181 g/mol. The van der Waals surface area contributed by atoms with Crippen molar-refractivity contribution in [1.82, 2.24) is 0 Å². The number of allylic oxidation sites excluding steroid dienone is 4. The first-order valence-corrected chi connectivity index (χ1v) is 5.20. The van der Waals surface area contributed by atoms with Crippen LogP contribution in [0.25, 0.3) is 0 Å². The van der Waals surface area contributed by atoms with E-state index in [1.165, 1.54) is 0 Å². The van der Waals surface area contributed by atoms with Gasteiger partial charge in [0.2, 0.25) is 0 Å². The molecule has 0 fully saturated rings. The predicted molar refractivity (Wildman–Crippen MR) is 72.8 cm³/mol. The average molecular weight is 201 g/mol. The third-order valence-electron chi connectivity index (χ3n) is 2.05. The van der Waals surface area contributed by atoms with E-state index in [0.29, 0.717) is 0 Å². The summed E-state index contributed by atoms with van der Waals surface area (Å²) >= 11 is 0. The van der Waals surface area contributed by atoms with Gasteiger partial charge in [-0.05, 0) is 25.1 Å². The van der Waals surface area contributed by atoms with Gasteiger partial charge in [-0.1, -0.05) is 24.8 Å². The van der Waals surface area contributed by atoms with Gasteiger partial charge in [0.05, 0.1) is 0 Å². The van der Waals surface area contributed by atoms with Gasteiger partial charge >= 0.3 is 0 Å². The van der Waals surface area contributed by atoms with Crippen molar-refractivity contribution in [3.63, 3.8) is 0 Å². The van der Waals surface area contributed by atoms with Crippen LogP contribution in [-0.4, -0.2) is 12.6 Å². The van der Waals surface area contributed by atoms with Gasteiger partial charge in [-0.25, -0.2) is 0 Å². The maximum Gasteiger partial charge on any atom is 0.287 e. The Kier molecular flexibility index (Phi) is 7.34. The molecule has 15 heavy (non-hydrogen) atoms. The first-order valence-electron chi connectivity index (χ1n) is 5.20. The molecular formula is C13H20BN. The van der Waals surface area contributed by atoms with Gasteiger partial charge in [0.15, 0.2) is 0 Å². The van der Waals surface area contributed by atoms with E-state index in [1.807, 2.05) is 25.2 Å². The van der Waals surface area contributed by atoms with Crippen LogP contribution >= 0.6 is 0 Å². The molecule has 1 nitrogen and oxygen atoms in total. The molecule has 0 N–H and O–H groups in total. The summed E-state index contributed by atoms with van der Waals surface area (Å²) in [5.74, 6) is 0. The summed E-state index contributed by atoms with van der Waals surface area (Å²) in [6, 6.07) is 0. The molecule has 0 aliphatic rings. The lowest BCUT2D eigenvalue weighted by molar-refractivity contribution is 1.38. The van der Waals surface area contributed by atoms with Crippen molar-refractivity contribution < 1.29 is 0 Å². The quantitative estimate of drug-likeness (QED) is 0.320. The normalized spacial score (nSPS) is 10.6. The van der Waals surface area contributed by atoms with Crippen LogP contribution in [0.3, 0.4) is 0 Å². The molecule has 0 unspecified atom stereocenters. The summed E-state index contributed by atoms with van der Waals surface area (Å²) in [4.78, 5) is 4.65. The van der Waals surface area contributed by atoms with Crippen molar-refractivity contribution in [3.05, 3.63) is 50.1 Å². The minimum Gasteiger partial charge on any atom is -0.345 e. The molecule has 2 heteroatoms. The molecule has 0 aromatic carbocycles. The third-order valence-corrected chi connectivity index (χ3v) is 2.05. The summed E-state index contributed by atoms with van der Waals surface area (Å²) in [6.07, 6.45) is 8.16. The Morgan fingerprint density at radius 3 is 2.00 bits per heavy atom. The fourth-order valence-electron chi connectivity index (χ4n) is 1.28. The second-order valence-corrected chi connectivity index (χ2v) is 3.55. The second kappa shape index (κ2) is 8.04. The van der Waals surface area contributed by atoms with Crippen LogP contribution in [-0.2, 0) is 0 Å². The van der Waals surface area contributed by atoms with Crippen LogP contribution < -0.4 is 0 Å².